The molecule has 6 nitrogen and oxygen atoms in total. The van der Waals surface area contributed by atoms with E-state index in [1.54, 1.807) is 30.3 Å². The van der Waals surface area contributed by atoms with Crippen LogP contribution in [-0.2, 0) is 4.79 Å². The molecule has 6 heteroatoms. The van der Waals surface area contributed by atoms with E-state index >= 15 is 0 Å². The normalized spacial score (nSPS) is 16.2. The van der Waals surface area contributed by atoms with Crippen molar-refractivity contribution in [2.45, 2.75) is 12.5 Å². The molecule has 1 aromatic heterocycles. The zero-order chi connectivity index (χ0) is 19.3. The molecular formula is C22H22N2O4. The van der Waals surface area contributed by atoms with Gasteiger partial charge in [-0.2, -0.15) is 0 Å². The Morgan fingerprint density at radius 1 is 1.14 bits per heavy atom. The second-order valence-corrected chi connectivity index (χ2v) is 6.67. The lowest BCUT2D eigenvalue weighted by Gasteiger charge is -2.18. The van der Waals surface area contributed by atoms with Crippen molar-refractivity contribution in [2.24, 2.45) is 0 Å². The molecule has 0 bridgehead atoms. The average molecular weight is 378 g/mol. The number of rotatable bonds is 6. The van der Waals surface area contributed by atoms with Gasteiger partial charge in [-0.25, -0.2) is 0 Å². The summed E-state index contributed by atoms with van der Waals surface area (Å²) in [5, 5.41) is 1.04. The lowest BCUT2D eigenvalue weighted by Crippen LogP contribution is -2.34. The Kier molecular flexibility index (Phi) is 5.28. The quantitative estimate of drug-likeness (QED) is 0.659. The van der Waals surface area contributed by atoms with Crippen LogP contribution in [0.2, 0.25) is 0 Å². The SMILES string of the molecule is COc1cccc(OCC(=O)N2CCC(Oc3cccc4cccnc34)C2)c1. The van der Waals surface area contributed by atoms with Gasteiger partial charge in [0, 0.05) is 30.6 Å². The van der Waals surface area contributed by atoms with Crippen molar-refractivity contribution in [1.29, 1.82) is 0 Å². The van der Waals surface area contributed by atoms with E-state index in [1.807, 2.05) is 42.5 Å². The van der Waals surface area contributed by atoms with Gasteiger partial charge in [-0.15, -0.1) is 0 Å². The van der Waals surface area contributed by atoms with Crippen LogP contribution in [-0.4, -0.2) is 48.7 Å². The van der Waals surface area contributed by atoms with E-state index in [0.717, 1.165) is 23.1 Å². The molecule has 28 heavy (non-hydrogen) atoms. The van der Waals surface area contributed by atoms with Crippen LogP contribution in [0.25, 0.3) is 10.9 Å². The predicted octanol–water partition coefficient (Wildman–Crippen LogP) is 3.30. The number of likely N-dealkylation sites (tertiary alicyclic amines) is 1. The van der Waals surface area contributed by atoms with Crippen LogP contribution < -0.4 is 14.2 Å². The molecule has 0 N–H and O–H groups in total. The molecule has 0 saturated carbocycles. The Hall–Kier alpha value is -3.28. The van der Waals surface area contributed by atoms with Gasteiger partial charge in [0.15, 0.2) is 6.61 Å². The Morgan fingerprint density at radius 3 is 2.86 bits per heavy atom. The summed E-state index contributed by atoms with van der Waals surface area (Å²) in [6.07, 6.45) is 2.50. The van der Waals surface area contributed by atoms with E-state index in [-0.39, 0.29) is 18.6 Å². The van der Waals surface area contributed by atoms with E-state index in [2.05, 4.69) is 4.98 Å². The standard InChI is InChI=1S/C22H22N2O4/c1-26-17-7-3-8-18(13-17)27-15-21(25)24-12-10-19(14-24)28-20-9-2-5-16-6-4-11-23-22(16)20/h2-9,11,13,19H,10,12,14-15H2,1H3. The van der Waals surface area contributed by atoms with Gasteiger partial charge in [0.05, 0.1) is 13.7 Å². The van der Waals surface area contributed by atoms with E-state index < -0.39 is 0 Å². The van der Waals surface area contributed by atoms with Crippen molar-refractivity contribution < 1.29 is 19.0 Å². The van der Waals surface area contributed by atoms with Gasteiger partial charge in [-0.05, 0) is 24.3 Å². The molecule has 0 spiro atoms. The van der Waals surface area contributed by atoms with Crippen molar-refractivity contribution in [1.82, 2.24) is 9.88 Å². The first-order chi connectivity index (χ1) is 13.7. The van der Waals surface area contributed by atoms with Gasteiger partial charge in [-0.1, -0.05) is 24.3 Å². The summed E-state index contributed by atoms with van der Waals surface area (Å²) in [5.41, 5.74) is 0.844. The highest BCUT2D eigenvalue weighted by atomic mass is 16.5. The first kappa shape index (κ1) is 18.1. The van der Waals surface area contributed by atoms with Gasteiger partial charge in [0.1, 0.15) is 28.9 Å². The maximum absolute atomic E-state index is 12.5. The molecule has 4 rings (SSSR count). The van der Waals surface area contributed by atoms with Gasteiger partial charge >= 0.3 is 0 Å². The minimum Gasteiger partial charge on any atom is -0.497 e. The van der Waals surface area contributed by atoms with Crippen LogP contribution in [0.3, 0.4) is 0 Å². The van der Waals surface area contributed by atoms with Gasteiger partial charge < -0.3 is 19.1 Å². The summed E-state index contributed by atoms with van der Waals surface area (Å²) >= 11 is 0. The van der Waals surface area contributed by atoms with Gasteiger partial charge in [0.2, 0.25) is 0 Å². The van der Waals surface area contributed by atoms with E-state index in [1.165, 1.54) is 0 Å². The first-order valence-electron chi connectivity index (χ1n) is 9.28. The zero-order valence-corrected chi connectivity index (χ0v) is 15.7. The van der Waals surface area contributed by atoms with Crippen LogP contribution in [0, 0.1) is 0 Å². The zero-order valence-electron chi connectivity index (χ0n) is 15.7. The van der Waals surface area contributed by atoms with Crippen LogP contribution >= 0.6 is 0 Å². The molecule has 1 amide bonds. The second kappa shape index (κ2) is 8.17. The summed E-state index contributed by atoms with van der Waals surface area (Å²) in [4.78, 5) is 18.7. The fourth-order valence-electron chi connectivity index (χ4n) is 3.33. The third-order valence-corrected chi connectivity index (χ3v) is 4.79. The number of hydrogen-bond acceptors (Lipinski definition) is 5. The molecule has 1 saturated heterocycles. The number of aromatic nitrogens is 1. The highest BCUT2D eigenvalue weighted by Gasteiger charge is 2.28. The molecular weight excluding hydrogens is 356 g/mol. The number of para-hydroxylation sites is 1. The number of fused-ring (bicyclic) bond motifs is 1. The largest absolute Gasteiger partial charge is 0.497 e. The number of methoxy groups -OCH3 is 1. The second-order valence-electron chi connectivity index (χ2n) is 6.67. The molecule has 0 aliphatic carbocycles. The minimum absolute atomic E-state index is 0.00426. The molecule has 1 fully saturated rings. The van der Waals surface area contributed by atoms with Crippen molar-refractivity contribution in [3.8, 4) is 17.2 Å². The Balaban J connectivity index is 1.34. The first-order valence-corrected chi connectivity index (χ1v) is 9.28. The molecule has 2 heterocycles. The fraction of sp³-hybridized carbons (Fsp3) is 0.273. The molecule has 3 aromatic rings. The highest BCUT2D eigenvalue weighted by molar-refractivity contribution is 5.84. The van der Waals surface area contributed by atoms with Crippen molar-refractivity contribution in [3.05, 3.63) is 60.8 Å². The Morgan fingerprint density at radius 2 is 1.96 bits per heavy atom. The summed E-state index contributed by atoms with van der Waals surface area (Å²) in [6, 6.07) is 17.0. The van der Waals surface area contributed by atoms with Gasteiger partial charge in [0.25, 0.3) is 5.91 Å². The van der Waals surface area contributed by atoms with Crippen LogP contribution in [0.1, 0.15) is 6.42 Å². The monoisotopic (exact) mass is 378 g/mol. The lowest BCUT2D eigenvalue weighted by atomic mass is 10.2. The predicted molar refractivity (Wildman–Crippen MR) is 106 cm³/mol. The number of amides is 1. The maximum atomic E-state index is 12.5. The Labute approximate surface area is 163 Å². The number of carbonyl (C=O) groups is 1. The summed E-state index contributed by atoms with van der Waals surface area (Å²) in [7, 11) is 1.60. The molecule has 1 unspecified atom stereocenters. The van der Waals surface area contributed by atoms with E-state index in [0.29, 0.717) is 24.6 Å². The molecule has 1 aliphatic heterocycles. The third kappa shape index (κ3) is 4.01. The molecule has 1 aliphatic rings. The van der Waals surface area contributed by atoms with E-state index in [4.69, 9.17) is 14.2 Å². The Bertz CT molecular complexity index is 970. The molecule has 2 aromatic carbocycles. The summed E-state index contributed by atoms with van der Waals surface area (Å²) in [5.74, 6) is 2.01. The average Bonchev–Trinajstić information content (AvgIpc) is 3.21. The van der Waals surface area contributed by atoms with Crippen molar-refractivity contribution in [3.63, 3.8) is 0 Å². The van der Waals surface area contributed by atoms with Crippen molar-refractivity contribution >= 4 is 16.8 Å². The topological polar surface area (TPSA) is 60.9 Å². The minimum atomic E-state index is -0.0510. The smallest absolute Gasteiger partial charge is 0.260 e. The van der Waals surface area contributed by atoms with Crippen LogP contribution in [0.4, 0.5) is 0 Å². The fourth-order valence-corrected chi connectivity index (χ4v) is 3.33. The number of benzene rings is 2. The van der Waals surface area contributed by atoms with Crippen molar-refractivity contribution in [2.75, 3.05) is 26.8 Å². The number of nitrogens with zero attached hydrogens (tertiary/aromatic N) is 2. The highest BCUT2D eigenvalue weighted by Crippen LogP contribution is 2.26. The third-order valence-electron chi connectivity index (χ3n) is 4.79. The molecule has 144 valence electrons. The van der Waals surface area contributed by atoms with Gasteiger partial charge in [-0.3, -0.25) is 9.78 Å². The summed E-state index contributed by atoms with van der Waals surface area (Å²) < 4.78 is 16.9. The maximum Gasteiger partial charge on any atom is 0.260 e. The molecule has 1 atom stereocenters. The number of ether oxygens (including phenoxy) is 3. The summed E-state index contributed by atoms with van der Waals surface area (Å²) in [6.45, 7) is 1.20. The number of hydrogen-bond donors (Lipinski definition) is 0. The van der Waals surface area contributed by atoms with Crippen LogP contribution in [0.5, 0.6) is 17.2 Å². The molecule has 0 radical (unpaired) electrons. The number of carbonyl (C=O) groups excluding carboxylic acids is 1. The lowest BCUT2D eigenvalue weighted by molar-refractivity contribution is -0.132. The number of pyridine rings is 1. The van der Waals surface area contributed by atoms with E-state index in [9.17, 15) is 4.79 Å². The van der Waals surface area contributed by atoms with Crippen LogP contribution in [0.15, 0.2) is 60.8 Å².